The molecule has 70 valence electrons. The Balaban J connectivity index is 2.82. The van der Waals surface area contributed by atoms with E-state index in [0.29, 0.717) is 12.4 Å². The topological polar surface area (TPSA) is 22.0 Å². The number of nitrogens with zero attached hydrogens (tertiary/aromatic N) is 1. The lowest BCUT2D eigenvalue weighted by atomic mass is 10.4. The Morgan fingerprint density at radius 2 is 2.23 bits per heavy atom. The van der Waals surface area contributed by atoms with Crippen molar-refractivity contribution in [3.63, 3.8) is 0 Å². The molecule has 0 saturated heterocycles. The summed E-state index contributed by atoms with van der Waals surface area (Å²) in [5, 5.41) is 0. The number of hydrogen-bond donors (Lipinski definition) is 0. The van der Waals surface area contributed by atoms with Gasteiger partial charge in [0, 0.05) is 29.2 Å². The number of allylic oxidation sites excluding steroid dienone is 2. The van der Waals surface area contributed by atoms with Crippen LogP contribution in [0.3, 0.4) is 0 Å². The van der Waals surface area contributed by atoms with Crippen LogP contribution in [0.4, 0.5) is 0 Å². The number of hydrogen-bond acceptors (Lipinski definition) is 1. The van der Waals surface area contributed by atoms with Crippen LogP contribution in [0.5, 0.6) is 0 Å². The predicted octanol–water partition coefficient (Wildman–Crippen LogP) is 2.41. The van der Waals surface area contributed by atoms with Crippen molar-refractivity contribution in [1.29, 1.82) is 0 Å². The van der Waals surface area contributed by atoms with Gasteiger partial charge in [0.05, 0.1) is 0 Å². The van der Waals surface area contributed by atoms with Crippen molar-refractivity contribution in [3.05, 3.63) is 45.3 Å². The fourth-order valence-corrected chi connectivity index (χ4v) is 1.40. The van der Waals surface area contributed by atoms with E-state index in [1.807, 2.05) is 12.2 Å². The van der Waals surface area contributed by atoms with E-state index in [-0.39, 0.29) is 5.56 Å². The lowest BCUT2D eigenvalue weighted by Crippen LogP contribution is -2.17. The maximum Gasteiger partial charge on any atom is 0.250 e. The molecule has 2 nitrogen and oxygen atoms in total. The quantitative estimate of drug-likeness (QED) is 0.606. The summed E-state index contributed by atoms with van der Waals surface area (Å²) in [6.45, 7) is 0.561. The van der Waals surface area contributed by atoms with Crippen LogP contribution in [0.2, 0.25) is 0 Å². The van der Waals surface area contributed by atoms with E-state index in [0.717, 1.165) is 4.47 Å². The van der Waals surface area contributed by atoms with Gasteiger partial charge >= 0.3 is 0 Å². The molecule has 1 aromatic heterocycles. The van der Waals surface area contributed by atoms with Gasteiger partial charge in [0.15, 0.2) is 0 Å². The summed E-state index contributed by atoms with van der Waals surface area (Å²) in [6, 6.07) is 3.25. The third-order valence-electron chi connectivity index (χ3n) is 1.51. The highest BCUT2D eigenvalue weighted by molar-refractivity contribution is 9.10. The van der Waals surface area contributed by atoms with Gasteiger partial charge in [-0.25, -0.2) is 0 Å². The van der Waals surface area contributed by atoms with E-state index in [2.05, 4.69) is 15.9 Å². The largest absolute Gasteiger partial charge is 0.311 e. The molecule has 0 saturated carbocycles. The fraction of sp³-hybridized carbons (Fsp3) is 0.222. The van der Waals surface area contributed by atoms with Gasteiger partial charge in [-0.05, 0) is 22.0 Å². The molecule has 0 atom stereocenters. The molecule has 0 fully saturated rings. The van der Waals surface area contributed by atoms with Gasteiger partial charge in [0.25, 0.3) is 5.56 Å². The molecule has 0 aliphatic rings. The van der Waals surface area contributed by atoms with E-state index in [9.17, 15) is 4.79 Å². The maximum absolute atomic E-state index is 11.2. The summed E-state index contributed by atoms with van der Waals surface area (Å²) in [4.78, 5) is 11.2. The van der Waals surface area contributed by atoms with Crippen LogP contribution in [0.15, 0.2) is 39.7 Å². The molecule has 0 aromatic carbocycles. The Morgan fingerprint density at radius 3 is 2.92 bits per heavy atom. The summed E-state index contributed by atoms with van der Waals surface area (Å²) in [6.07, 6.45) is 5.43. The first kappa shape index (κ1) is 10.5. The SMILES string of the molecule is O=c1ccc(Br)cn1CC=CCCl. The fourth-order valence-electron chi connectivity index (χ4n) is 0.896. The summed E-state index contributed by atoms with van der Waals surface area (Å²) < 4.78 is 2.50. The molecule has 0 unspecified atom stereocenters. The van der Waals surface area contributed by atoms with E-state index in [1.165, 1.54) is 6.07 Å². The zero-order chi connectivity index (χ0) is 9.68. The molecule has 0 radical (unpaired) electrons. The molecule has 0 aliphatic carbocycles. The van der Waals surface area contributed by atoms with Crippen molar-refractivity contribution in [3.8, 4) is 0 Å². The number of rotatable bonds is 3. The van der Waals surface area contributed by atoms with E-state index in [1.54, 1.807) is 16.8 Å². The Morgan fingerprint density at radius 1 is 1.46 bits per heavy atom. The van der Waals surface area contributed by atoms with Crippen LogP contribution in [-0.4, -0.2) is 10.4 Å². The molecule has 0 N–H and O–H groups in total. The standard InChI is InChI=1S/C9H9BrClNO/c10-8-3-4-9(13)12(7-8)6-2-1-5-11/h1-4,7H,5-6H2. The lowest BCUT2D eigenvalue weighted by Gasteiger charge is -2.00. The highest BCUT2D eigenvalue weighted by Crippen LogP contribution is 2.04. The van der Waals surface area contributed by atoms with Gasteiger partial charge in [-0.15, -0.1) is 11.6 Å². The zero-order valence-electron chi connectivity index (χ0n) is 6.91. The second kappa shape index (κ2) is 5.25. The van der Waals surface area contributed by atoms with Crippen LogP contribution < -0.4 is 5.56 Å². The Kier molecular flexibility index (Phi) is 4.25. The summed E-state index contributed by atoms with van der Waals surface area (Å²) in [7, 11) is 0. The van der Waals surface area contributed by atoms with E-state index < -0.39 is 0 Å². The average Bonchev–Trinajstić information content (AvgIpc) is 2.11. The maximum atomic E-state index is 11.2. The summed E-state index contributed by atoms with van der Waals surface area (Å²) >= 11 is 8.75. The molecular formula is C9H9BrClNO. The first-order chi connectivity index (χ1) is 6.24. The monoisotopic (exact) mass is 261 g/mol. The van der Waals surface area contributed by atoms with Gasteiger partial charge in [0.2, 0.25) is 0 Å². The van der Waals surface area contributed by atoms with Crippen LogP contribution in [-0.2, 0) is 6.54 Å². The van der Waals surface area contributed by atoms with Gasteiger partial charge in [-0.1, -0.05) is 12.2 Å². The minimum Gasteiger partial charge on any atom is -0.311 e. The predicted molar refractivity (Wildman–Crippen MR) is 58.3 cm³/mol. The van der Waals surface area contributed by atoms with E-state index >= 15 is 0 Å². The summed E-state index contributed by atoms with van der Waals surface area (Å²) in [5.41, 5.74) is -0.0116. The minimum atomic E-state index is -0.0116. The van der Waals surface area contributed by atoms with Crippen molar-refractivity contribution in [1.82, 2.24) is 4.57 Å². The van der Waals surface area contributed by atoms with Crippen molar-refractivity contribution < 1.29 is 0 Å². The molecule has 0 bridgehead atoms. The normalized spacial score (nSPS) is 10.9. The van der Waals surface area contributed by atoms with Crippen molar-refractivity contribution in [2.24, 2.45) is 0 Å². The highest BCUT2D eigenvalue weighted by Gasteiger charge is 1.93. The minimum absolute atomic E-state index is 0.0116. The Bertz CT molecular complexity index is 359. The van der Waals surface area contributed by atoms with E-state index in [4.69, 9.17) is 11.6 Å². The molecule has 13 heavy (non-hydrogen) atoms. The molecule has 0 spiro atoms. The molecule has 1 heterocycles. The van der Waals surface area contributed by atoms with Gasteiger partial charge in [-0.2, -0.15) is 0 Å². The Hall–Kier alpha value is -0.540. The third kappa shape index (κ3) is 3.36. The van der Waals surface area contributed by atoms with Crippen LogP contribution in [0, 0.1) is 0 Å². The summed E-state index contributed by atoms with van der Waals surface area (Å²) in [5.74, 6) is 0.475. The van der Waals surface area contributed by atoms with Gasteiger partial charge in [0.1, 0.15) is 0 Å². The molecular weight excluding hydrogens is 253 g/mol. The second-order valence-corrected chi connectivity index (χ2v) is 3.69. The number of alkyl halides is 1. The highest BCUT2D eigenvalue weighted by atomic mass is 79.9. The van der Waals surface area contributed by atoms with Crippen LogP contribution >= 0.6 is 27.5 Å². The van der Waals surface area contributed by atoms with Crippen LogP contribution in [0.25, 0.3) is 0 Å². The molecule has 0 amide bonds. The number of pyridine rings is 1. The second-order valence-electron chi connectivity index (χ2n) is 2.46. The number of aromatic nitrogens is 1. The van der Waals surface area contributed by atoms with Gasteiger partial charge in [-0.3, -0.25) is 4.79 Å². The Labute approximate surface area is 90.0 Å². The molecule has 1 rings (SSSR count). The van der Waals surface area contributed by atoms with Crippen LogP contribution in [0.1, 0.15) is 0 Å². The van der Waals surface area contributed by atoms with Crippen molar-refractivity contribution in [2.75, 3.05) is 5.88 Å². The number of halogens is 2. The van der Waals surface area contributed by atoms with Gasteiger partial charge < -0.3 is 4.57 Å². The molecule has 4 heteroatoms. The smallest absolute Gasteiger partial charge is 0.250 e. The first-order valence-corrected chi connectivity index (χ1v) is 5.14. The first-order valence-electron chi connectivity index (χ1n) is 3.81. The van der Waals surface area contributed by atoms with Crippen molar-refractivity contribution >= 4 is 27.5 Å². The third-order valence-corrected chi connectivity index (χ3v) is 2.15. The molecule has 1 aromatic rings. The average molecular weight is 263 g/mol. The zero-order valence-corrected chi connectivity index (χ0v) is 9.25. The lowest BCUT2D eigenvalue weighted by molar-refractivity contribution is 0.775. The van der Waals surface area contributed by atoms with Crippen molar-refractivity contribution in [2.45, 2.75) is 6.54 Å². The molecule has 0 aliphatic heterocycles.